The lowest BCUT2D eigenvalue weighted by molar-refractivity contribution is 0.0632. The Morgan fingerprint density at radius 2 is 1.62 bits per heavy atom. The molecule has 26 heavy (non-hydrogen) atoms. The van der Waals surface area contributed by atoms with E-state index >= 15 is 0 Å². The monoisotopic (exact) mass is 367 g/mol. The van der Waals surface area contributed by atoms with E-state index in [1.165, 1.54) is 15.3 Å². The first-order valence-corrected chi connectivity index (χ1v) is 9.68. The Labute approximate surface area is 159 Å². The molecule has 0 saturated heterocycles. The minimum atomic E-state index is -0.542. The maximum atomic E-state index is 10.5. The number of para-hydroxylation sites is 1. The average molecular weight is 368 g/mol. The van der Waals surface area contributed by atoms with E-state index in [4.69, 9.17) is 4.74 Å². The number of rotatable bonds is 9. The first kappa shape index (κ1) is 18.6. The van der Waals surface area contributed by atoms with Crippen LogP contribution in [0.1, 0.15) is 15.3 Å². The van der Waals surface area contributed by atoms with Gasteiger partial charge < -0.3 is 9.84 Å². The van der Waals surface area contributed by atoms with E-state index in [0.717, 1.165) is 18.8 Å². The standard InChI is InChI=1S/C22H25NO2S/c1-18-12-13-22(26-18)16-23(14-19-8-4-2-5-9-19)15-20(24)17-25-21-10-6-3-7-11-21/h2-13,20,24H,14-17H2,1H3/t20-/m1/s1. The van der Waals surface area contributed by atoms with Gasteiger partial charge in [0, 0.05) is 29.4 Å². The molecule has 0 aliphatic rings. The van der Waals surface area contributed by atoms with Gasteiger partial charge in [0.15, 0.2) is 0 Å². The maximum Gasteiger partial charge on any atom is 0.119 e. The number of benzene rings is 2. The Morgan fingerprint density at radius 1 is 0.923 bits per heavy atom. The zero-order valence-electron chi connectivity index (χ0n) is 15.0. The van der Waals surface area contributed by atoms with Crippen LogP contribution in [0.5, 0.6) is 5.75 Å². The smallest absolute Gasteiger partial charge is 0.119 e. The zero-order chi connectivity index (χ0) is 18.2. The van der Waals surface area contributed by atoms with Gasteiger partial charge in [-0.15, -0.1) is 11.3 Å². The number of ether oxygens (including phenoxy) is 1. The van der Waals surface area contributed by atoms with Gasteiger partial charge in [-0.25, -0.2) is 0 Å². The van der Waals surface area contributed by atoms with E-state index < -0.39 is 6.10 Å². The molecule has 0 unspecified atom stereocenters. The van der Waals surface area contributed by atoms with Crippen molar-refractivity contribution < 1.29 is 9.84 Å². The summed E-state index contributed by atoms with van der Waals surface area (Å²) in [5.41, 5.74) is 1.25. The molecule has 0 aliphatic heterocycles. The van der Waals surface area contributed by atoms with Gasteiger partial charge in [-0.3, -0.25) is 4.90 Å². The van der Waals surface area contributed by atoms with Crippen LogP contribution in [0.25, 0.3) is 0 Å². The van der Waals surface area contributed by atoms with E-state index in [1.807, 2.05) is 47.7 Å². The van der Waals surface area contributed by atoms with Gasteiger partial charge in [0.25, 0.3) is 0 Å². The molecule has 1 heterocycles. The summed E-state index contributed by atoms with van der Waals surface area (Å²) in [6, 6.07) is 24.3. The molecule has 0 bridgehead atoms. The molecule has 0 saturated carbocycles. The number of nitrogens with zero attached hydrogens (tertiary/aromatic N) is 1. The van der Waals surface area contributed by atoms with Crippen molar-refractivity contribution >= 4 is 11.3 Å². The third-order valence-corrected chi connectivity index (χ3v) is 5.06. The third-order valence-electron chi connectivity index (χ3n) is 4.08. The molecule has 0 spiro atoms. The van der Waals surface area contributed by atoms with Crippen LogP contribution in [0, 0.1) is 6.92 Å². The molecule has 1 atom stereocenters. The van der Waals surface area contributed by atoms with Gasteiger partial charge in [-0.2, -0.15) is 0 Å². The SMILES string of the molecule is Cc1ccc(CN(Cc2ccccc2)C[C@@H](O)COc2ccccc2)s1. The Hall–Kier alpha value is -2.14. The second kappa shape index (κ2) is 9.53. The molecule has 1 aromatic heterocycles. The molecule has 3 nitrogen and oxygen atoms in total. The molecular formula is C22H25NO2S. The highest BCUT2D eigenvalue weighted by Gasteiger charge is 2.14. The lowest BCUT2D eigenvalue weighted by Gasteiger charge is -2.25. The van der Waals surface area contributed by atoms with E-state index in [0.29, 0.717) is 13.2 Å². The van der Waals surface area contributed by atoms with Crippen LogP contribution >= 0.6 is 11.3 Å². The van der Waals surface area contributed by atoms with E-state index in [1.54, 1.807) is 0 Å². The van der Waals surface area contributed by atoms with Crippen LogP contribution in [0.15, 0.2) is 72.8 Å². The van der Waals surface area contributed by atoms with Crippen molar-refractivity contribution in [2.75, 3.05) is 13.2 Å². The summed E-state index contributed by atoms with van der Waals surface area (Å²) in [6.45, 7) is 4.62. The average Bonchev–Trinajstić information content (AvgIpc) is 3.06. The molecule has 4 heteroatoms. The molecule has 1 N–H and O–H groups in total. The van der Waals surface area contributed by atoms with Gasteiger partial charge >= 0.3 is 0 Å². The highest BCUT2D eigenvalue weighted by atomic mass is 32.1. The molecule has 3 rings (SSSR count). The molecule has 0 aliphatic carbocycles. The summed E-state index contributed by atoms with van der Waals surface area (Å²) in [4.78, 5) is 4.90. The fourth-order valence-corrected chi connectivity index (χ4v) is 3.81. The Morgan fingerprint density at radius 3 is 2.27 bits per heavy atom. The molecule has 0 radical (unpaired) electrons. The fourth-order valence-electron chi connectivity index (χ4n) is 2.88. The van der Waals surface area contributed by atoms with E-state index in [2.05, 4.69) is 48.2 Å². The van der Waals surface area contributed by atoms with Crippen LogP contribution in [-0.4, -0.2) is 29.3 Å². The summed E-state index contributed by atoms with van der Waals surface area (Å²) in [6.07, 6.45) is -0.542. The predicted octanol–water partition coefficient (Wildman–Crippen LogP) is 4.50. The first-order chi connectivity index (χ1) is 12.7. The van der Waals surface area contributed by atoms with Crippen molar-refractivity contribution in [2.45, 2.75) is 26.1 Å². The summed E-state index contributed by atoms with van der Waals surface area (Å²) in [7, 11) is 0. The Balaban J connectivity index is 1.60. The normalized spacial score (nSPS) is 12.3. The van der Waals surface area contributed by atoms with Gasteiger partial charge in [0.1, 0.15) is 18.5 Å². The second-order valence-electron chi connectivity index (χ2n) is 6.45. The highest BCUT2D eigenvalue weighted by molar-refractivity contribution is 7.11. The minimum Gasteiger partial charge on any atom is -0.491 e. The van der Waals surface area contributed by atoms with E-state index in [9.17, 15) is 5.11 Å². The maximum absolute atomic E-state index is 10.5. The number of aryl methyl sites for hydroxylation is 1. The minimum absolute atomic E-state index is 0.290. The van der Waals surface area contributed by atoms with Crippen molar-refractivity contribution in [3.63, 3.8) is 0 Å². The number of aliphatic hydroxyl groups excluding tert-OH is 1. The molecule has 2 aromatic carbocycles. The number of thiophene rings is 1. The van der Waals surface area contributed by atoms with Gasteiger partial charge in [0.2, 0.25) is 0 Å². The number of hydrogen-bond acceptors (Lipinski definition) is 4. The quantitative estimate of drug-likeness (QED) is 0.604. The van der Waals surface area contributed by atoms with Crippen LogP contribution in [0.2, 0.25) is 0 Å². The first-order valence-electron chi connectivity index (χ1n) is 8.86. The van der Waals surface area contributed by atoms with Crippen molar-refractivity contribution in [1.82, 2.24) is 4.90 Å². The van der Waals surface area contributed by atoms with Crippen LogP contribution in [-0.2, 0) is 13.1 Å². The summed E-state index contributed by atoms with van der Waals surface area (Å²) in [5, 5.41) is 10.5. The zero-order valence-corrected chi connectivity index (χ0v) is 15.9. The van der Waals surface area contributed by atoms with Crippen molar-refractivity contribution in [3.05, 3.63) is 88.1 Å². The topological polar surface area (TPSA) is 32.7 Å². The van der Waals surface area contributed by atoms with E-state index in [-0.39, 0.29) is 0 Å². The van der Waals surface area contributed by atoms with Crippen molar-refractivity contribution in [3.8, 4) is 5.75 Å². The van der Waals surface area contributed by atoms with Crippen molar-refractivity contribution in [2.24, 2.45) is 0 Å². The molecule has 0 amide bonds. The molecular weight excluding hydrogens is 342 g/mol. The predicted molar refractivity (Wildman–Crippen MR) is 108 cm³/mol. The Bertz CT molecular complexity index is 773. The fraction of sp³-hybridized carbons (Fsp3) is 0.273. The van der Waals surface area contributed by atoms with Crippen LogP contribution < -0.4 is 4.74 Å². The molecule has 3 aromatic rings. The van der Waals surface area contributed by atoms with Gasteiger partial charge in [0.05, 0.1) is 0 Å². The highest BCUT2D eigenvalue weighted by Crippen LogP contribution is 2.19. The van der Waals surface area contributed by atoms with Gasteiger partial charge in [-0.05, 0) is 36.8 Å². The largest absolute Gasteiger partial charge is 0.491 e. The summed E-state index contributed by atoms with van der Waals surface area (Å²) < 4.78 is 5.70. The number of aliphatic hydroxyl groups is 1. The van der Waals surface area contributed by atoms with Crippen molar-refractivity contribution in [1.29, 1.82) is 0 Å². The van der Waals surface area contributed by atoms with Crippen LogP contribution in [0.4, 0.5) is 0 Å². The molecule has 136 valence electrons. The lowest BCUT2D eigenvalue weighted by Crippen LogP contribution is -2.34. The lowest BCUT2D eigenvalue weighted by atomic mass is 10.2. The summed E-state index contributed by atoms with van der Waals surface area (Å²) >= 11 is 1.81. The number of hydrogen-bond donors (Lipinski definition) is 1. The Kier molecular flexibility index (Phi) is 6.83. The van der Waals surface area contributed by atoms with Crippen LogP contribution in [0.3, 0.4) is 0 Å². The third kappa shape index (κ3) is 5.99. The van der Waals surface area contributed by atoms with Gasteiger partial charge in [-0.1, -0.05) is 48.5 Å². The summed E-state index contributed by atoms with van der Waals surface area (Å²) in [5.74, 6) is 0.787. The second-order valence-corrected chi connectivity index (χ2v) is 7.82. The molecule has 0 fully saturated rings.